The lowest BCUT2D eigenvalue weighted by molar-refractivity contribution is -0.117. The number of halogens is 2. The molecule has 1 amide bonds. The standard InChI is InChI=1S/C35H36F2N6O3S/c36-26-10-5-23(6-11-26)31(24-7-12-27(37)13-8-24)32(38)33(44)41-30-4-2-1-3-22(30)9-14-28-19-40-20-29(45-28)21-47-35-43-42-34(46-35)25-15-17-39-18-16-25/h1-8,10-13,15,17-18,25,28-29,31-32,40H,9,14,16,19-21,38H2,(H,41,44)/t25?,28-,29+,32+/m1/s1. The van der Waals surface area contributed by atoms with Gasteiger partial charge in [0.25, 0.3) is 5.22 Å². The van der Waals surface area contributed by atoms with E-state index >= 15 is 0 Å². The number of rotatable bonds is 12. The number of nitrogens with zero attached hydrogens (tertiary/aromatic N) is 3. The second-order valence-corrected chi connectivity index (χ2v) is 12.5. The number of aliphatic imine (C=N–C) groups is 1. The molecule has 0 bridgehead atoms. The van der Waals surface area contributed by atoms with Crippen molar-refractivity contribution in [2.45, 2.75) is 54.6 Å². The molecule has 4 aromatic rings. The Bertz CT molecular complexity index is 1650. The molecule has 1 unspecified atom stereocenters. The molecule has 2 aliphatic rings. The van der Waals surface area contributed by atoms with E-state index in [1.54, 1.807) is 30.5 Å². The summed E-state index contributed by atoms with van der Waals surface area (Å²) in [4.78, 5) is 17.7. The van der Waals surface area contributed by atoms with Gasteiger partial charge < -0.3 is 25.5 Å². The molecular weight excluding hydrogens is 622 g/mol. The van der Waals surface area contributed by atoms with E-state index in [0.29, 0.717) is 40.1 Å². The third kappa shape index (κ3) is 8.58. The van der Waals surface area contributed by atoms with Gasteiger partial charge in [-0.2, -0.15) is 0 Å². The molecule has 1 aromatic heterocycles. The van der Waals surface area contributed by atoms with E-state index in [2.05, 4.69) is 25.8 Å². The van der Waals surface area contributed by atoms with Crippen LogP contribution in [0.25, 0.3) is 0 Å². The van der Waals surface area contributed by atoms with Gasteiger partial charge in [0.1, 0.15) is 11.6 Å². The number of amides is 1. The van der Waals surface area contributed by atoms with Crippen molar-refractivity contribution < 1.29 is 22.7 Å². The maximum absolute atomic E-state index is 13.7. The number of thioether (sulfide) groups is 1. The van der Waals surface area contributed by atoms with Crippen molar-refractivity contribution in [2.75, 3.05) is 24.2 Å². The first kappa shape index (κ1) is 32.7. The zero-order chi connectivity index (χ0) is 32.6. The van der Waals surface area contributed by atoms with Crippen molar-refractivity contribution >= 4 is 29.6 Å². The van der Waals surface area contributed by atoms with Crippen LogP contribution in [0.1, 0.15) is 47.3 Å². The summed E-state index contributed by atoms with van der Waals surface area (Å²) >= 11 is 1.48. The fourth-order valence-electron chi connectivity index (χ4n) is 5.78. The minimum Gasteiger partial charge on any atom is -0.415 e. The summed E-state index contributed by atoms with van der Waals surface area (Å²) in [5, 5.41) is 15.4. The first-order chi connectivity index (χ1) is 22.9. The normalized spacial score (nSPS) is 20.0. The van der Waals surface area contributed by atoms with Crippen molar-refractivity contribution in [2.24, 2.45) is 10.7 Å². The fraction of sp³-hybridized carbons (Fsp3) is 0.314. The summed E-state index contributed by atoms with van der Waals surface area (Å²) in [7, 11) is 0. The summed E-state index contributed by atoms with van der Waals surface area (Å²) < 4.78 is 39.7. The maximum Gasteiger partial charge on any atom is 0.276 e. The predicted octanol–water partition coefficient (Wildman–Crippen LogP) is 5.60. The Kier molecular flexibility index (Phi) is 10.8. The molecular formula is C35H36F2N6O3S. The zero-order valence-electron chi connectivity index (χ0n) is 25.6. The first-order valence-electron chi connectivity index (χ1n) is 15.6. The number of benzene rings is 3. The molecule has 47 heavy (non-hydrogen) atoms. The lowest BCUT2D eigenvalue weighted by Gasteiger charge is -2.30. The van der Waals surface area contributed by atoms with Gasteiger partial charge >= 0.3 is 0 Å². The summed E-state index contributed by atoms with van der Waals surface area (Å²) in [5.41, 5.74) is 9.48. The summed E-state index contributed by atoms with van der Waals surface area (Å²) in [6.45, 7) is 1.44. The maximum atomic E-state index is 13.7. The van der Waals surface area contributed by atoms with Crippen molar-refractivity contribution in [3.8, 4) is 0 Å². The Balaban J connectivity index is 1.05. The van der Waals surface area contributed by atoms with Crippen molar-refractivity contribution in [1.82, 2.24) is 15.5 Å². The number of aryl methyl sites for hydroxylation is 1. The lowest BCUT2D eigenvalue weighted by Crippen LogP contribution is -2.45. The van der Waals surface area contributed by atoms with Crippen LogP contribution in [-0.4, -0.2) is 59.4 Å². The highest BCUT2D eigenvalue weighted by Gasteiger charge is 2.29. The van der Waals surface area contributed by atoms with E-state index in [0.717, 1.165) is 31.5 Å². The van der Waals surface area contributed by atoms with Gasteiger partial charge in [-0.3, -0.25) is 9.79 Å². The number of morpholine rings is 1. The van der Waals surface area contributed by atoms with Crippen LogP contribution in [0.15, 0.2) is 99.7 Å². The van der Waals surface area contributed by atoms with Crippen molar-refractivity contribution in [3.63, 3.8) is 0 Å². The van der Waals surface area contributed by atoms with Crippen LogP contribution >= 0.6 is 11.8 Å². The van der Waals surface area contributed by atoms with Crippen LogP contribution in [0.2, 0.25) is 0 Å². The van der Waals surface area contributed by atoms with Gasteiger partial charge in [-0.15, -0.1) is 10.2 Å². The number of anilines is 1. The number of carbonyl (C=O) groups excluding carboxylic acids is 1. The third-order valence-electron chi connectivity index (χ3n) is 8.26. The number of carbonyl (C=O) groups is 1. The minimum atomic E-state index is -1.02. The second kappa shape index (κ2) is 15.6. The van der Waals surface area contributed by atoms with E-state index in [1.807, 2.05) is 36.6 Å². The zero-order valence-corrected chi connectivity index (χ0v) is 26.4. The van der Waals surface area contributed by atoms with Gasteiger partial charge in [0.05, 0.1) is 24.2 Å². The van der Waals surface area contributed by atoms with Gasteiger partial charge in [0, 0.05) is 42.9 Å². The van der Waals surface area contributed by atoms with Gasteiger partial charge in [0.2, 0.25) is 11.8 Å². The van der Waals surface area contributed by atoms with Gasteiger partial charge in [-0.05, 0) is 66.3 Å². The van der Waals surface area contributed by atoms with Gasteiger partial charge in [-0.1, -0.05) is 60.3 Å². The summed E-state index contributed by atoms with van der Waals surface area (Å²) in [6, 6.07) is 18.3. The Hall–Kier alpha value is -4.23. The molecule has 3 heterocycles. The van der Waals surface area contributed by atoms with E-state index in [9.17, 15) is 13.6 Å². The van der Waals surface area contributed by atoms with Gasteiger partial charge in [0.15, 0.2) is 0 Å². The number of nitrogens with two attached hydrogens (primary N) is 1. The van der Waals surface area contributed by atoms with Crippen LogP contribution < -0.4 is 16.4 Å². The number of allylic oxidation sites excluding steroid dienone is 1. The molecule has 0 saturated carbocycles. The highest BCUT2D eigenvalue weighted by Crippen LogP contribution is 2.30. The number of para-hydroxylation sites is 1. The second-order valence-electron chi connectivity index (χ2n) is 11.6. The number of nitrogens with one attached hydrogen (secondary N) is 2. The van der Waals surface area contributed by atoms with E-state index < -0.39 is 29.5 Å². The smallest absolute Gasteiger partial charge is 0.276 e. The molecule has 4 N–H and O–H groups in total. The van der Waals surface area contributed by atoms with E-state index in [4.69, 9.17) is 14.9 Å². The van der Waals surface area contributed by atoms with Crippen LogP contribution in [0, 0.1) is 11.6 Å². The van der Waals surface area contributed by atoms with E-state index in [1.165, 1.54) is 36.0 Å². The predicted molar refractivity (Wildman–Crippen MR) is 178 cm³/mol. The molecule has 0 aliphatic carbocycles. The highest BCUT2D eigenvalue weighted by atomic mass is 32.2. The Morgan fingerprint density at radius 3 is 2.38 bits per heavy atom. The number of ether oxygens (including phenoxy) is 1. The van der Waals surface area contributed by atoms with Crippen LogP contribution in [0.5, 0.6) is 0 Å². The molecule has 12 heteroatoms. The number of aromatic nitrogens is 2. The molecule has 6 rings (SSSR count). The minimum absolute atomic E-state index is 0.0217. The molecule has 3 aromatic carbocycles. The molecule has 0 spiro atoms. The summed E-state index contributed by atoms with van der Waals surface area (Å²) in [5.74, 6) is -0.502. The molecule has 1 saturated heterocycles. The average molecular weight is 659 g/mol. The molecule has 244 valence electrons. The van der Waals surface area contributed by atoms with E-state index in [-0.39, 0.29) is 18.1 Å². The van der Waals surface area contributed by atoms with Gasteiger partial charge in [-0.25, -0.2) is 8.78 Å². The average Bonchev–Trinajstić information content (AvgIpc) is 3.58. The first-order valence-corrected chi connectivity index (χ1v) is 16.6. The van der Waals surface area contributed by atoms with Crippen LogP contribution in [-0.2, 0) is 16.0 Å². The SMILES string of the molecule is N[C@H](C(=O)Nc1ccccc1CC[C@@H]1CNC[C@@H](CSc2nnc(C3C=CN=CC3)o2)O1)C(c1ccc(F)cc1)c1ccc(F)cc1. The Morgan fingerprint density at radius 1 is 0.979 bits per heavy atom. The molecule has 1 fully saturated rings. The largest absolute Gasteiger partial charge is 0.415 e. The Labute approximate surface area is 276 Å². The number of hydrogen-bond donors (Lipinski definition) is 3. The van der Waals surface area contributed by atoms with Crippen LogP contribution in [0.4, 0.5) is 14.5 Å². The monoisotopic (exact) mass is 658 g/mol. The highest BCUT2D eigenvalue weighted by molar-refractivity contribution is 7.99. The Morgan fingerprint density at radius 2 is 1.68 bits per heavy atom. The fourth-order valence-corrected chi connectivity index (χ4v) is 6.54. The van der Waals surface area contributed by atoms with Crippen LogP contribution in [0.3, 0.4) is 0 Å². The molecule has 0 radical (unpaired) electrons. The quantitative estimate of drug-likeness (QED) is 0.168. The van der Waals surface area contributed by atoms with Crippen molar-refractivity contribution in [3.05, 3.63) is 119 Å². The molecule has 9 nitrogen and oxygen atoms in total. The number of hydrogen-bond acceptors (Lipinski definition) is 9. The summed E-state index contributed by atoms with van der Waals surface area (Å²) in [6.07, 6.45) is 7.64. The lowest BCUT2D eigenvalue weighted by atomic mass is 9.85. The van der Waals surface area contributed by atoms with Crippen molar-refractivity contribution in [1.29, 1.82) is 0 Å². The molecule has 4 atom stereocenters. The topological polar surface area (TPSA) is 128 Å². The third-order valence-corrected chi connectivity index (χ3v) is 9.21. The molecule has 2 aliphatic heterocycles.